The minimum absolute atomic E-state index is 0.123. The van der Waals surface area contributed by atoms with Gasteiger partial charge in [-0.2, -0.15) is 4.68 Å². The van der Waals surface area contributed by atoms with Crippen molar-refractivity contribution in [1.82, 2.24) is 20.2 Å². The predicted octanol–water partition coefficient (Wildman–Crippen LogP) is 2.63. The highest BCUT2D eigenvalue weighted by atomic mass is 32.2. The first kappa shape index (κ1) is 16.9. The number of thioether (sulfide) groups is 1. The van der Waals surface area contributed by atoms with Gasteiger partial charge in [-0.15, -0.1) is 5.10 Å². The predicted molar refractivity (Wildman–Crippen MR) is 91.2 cm³/mol. The van der Waals surface area contributed by atoms with Crippen LogP contribution < -0.4 is 5.32 Å². The number of phenols is 1. The van der Waals surface area contributed by atoms with E-state index in [1.54, 1.807) is 31.2 Å². The van der Waals surface area contributed by atoms with E-state index in [-0.39, 0.29) is 17.3 Å². The van der Waals surface area contributed by atoms with Gasteiger partial charge in [0.05, 0.1) is 16.6 Å². The molecule has 1 amide bonds. The Morgan fingerprint density at radius 3 is 2.68 bits per heavy atom. The number of amides is 1. The number of benzene rings is 2. The molecule has 0 spiro atoms. The zero-order chi connectivity index (χ0) is 17.8. The smallest absolute Gasteiger partial charge is 0.237 e. The summed E-state index contributed by atoms with van der Waals surface area (Å²) in [6.45, 7) is 1.68. The fourth-order valence-corrected chi connectivity index (χ4v) is 2.82. The summed E-state index contributed by atoms with van der Waals surface area (Å²) in [6.07, 6.45) is 0. The van der Waals surface area contributed by atoms with Gasteiger partial charge < -0.3 is 10.4 Å². The van der Waals surface area contributed by atoms with Gasteiger partial charge in [-0.1, -0.05) is 23.9 Å². The summed E-state index contributed by atoms with van der Waals surface area (Å²) in [7, 11) is 0. The lowest BCUT2D eigenvalue weighted by Crippen LogP contribution is -2.23. The Labute approximate surface area is 146 Å². The summed E-state index contributed by atoms with van der Waals surface area (Å²) < 4.78 is 15.1. The molecule has 1 unspecified atom stereocenters. The molecule has 25 heavy (non-hydrogen) atoms. The molecular formula is C16H14FN5O2S. The van der Waals surface area contributed by atoms with Gasteiger partial charge in [0.25, 0.3) is 0 Å². The van der Waals surface area contributed by atoms with E-state index in [1.165, 1.54) is 28.9 Å². The highest BCUT2D eigenvalue weighted by Crippen LogP contribution is 2.25. The minimum atomic E-state index is -0.554. The zero-order valence-corrected chi connectivity index (χ0v) is 13.9. The second kappa shape index (κ2) is 7.31. The number of anilines is 1. The maximum atomic E-state index is 13.6. The third-order valence-corrected chi connectivity index (χ3v) is 4.35. The number of tetrazole rings is 1. The van der Waals surface area contributed by atoms with Crippen molar-refractivity contribution in [2.24, 2.45) is 0 Å². The van der Waals surface area contributed by atoms with Crippen LogP contribution in [-0.4, -0.2) is 36.5 Å². The van der Waals surface area contributed by atoms with E-state index in [0.717, 1.165) is 11.8 Å². The molecular weight excluding hydrogens is 345 g/mol. The standard InChI is InChI=1S/C16H14FN5O2S/c1-10(15(24)18-14-5-3-2-4-13(14)17)25-16-19-20-21-22(16)11-6-8-12(23)9-7-11/h2-10,23H,1H3,(H,18,24). The molecule has 1 atom stereocenters. The lowest BCUT2D eigenvalue weighted by atomic mass is 10.3. The first-order valence-electron chi connectivity index (χ1n) is 7.34. The second-order valence-electron chi connectivity index (χ2n) is 5.12. The summed E-state index contributed by atoms with van der Waals surface area (Å²) >= 11 is 1.14. The maximum Gasteiger partial charge on any atom is 0.237 e. The van der Waals surface area contributed by atoms with E-state index in [9.17, 15) is 14.3 Å². The van der Waals surface area contributed by atoms with Crippen LogP contribution in [0, 0.1) is 5.82 Å². The number of hydrogen-bond donors (Lipinski definition) is 2. The van der Waals surface area contributed by atoms with Crippen molar-refractivity contribution >= 4 is 23.4 Å². The molecule has 0 aliphatic heterocycles. The van der Waals surface area contributed by atoms with Crippen molar-refractivity contribution in [3.63, 3.8) is 0 Å². The van der Waals surface area contributed by atoms with Crippen LogP contribution in [-0.2, 0) is 4.79 Å². The molecule has 3 aromatic rings. The first-order chi connectivity index (χ1) is 12.0. The van der Waals surface area contributed by atoms with Crippen LogP contribution in [0.5, 0.6) is 5.75 Å². The number of carbonyl (C=O) groups excluding carboxylic acids is 1. The molecule has 1 aromatic heterocycles. The van der Waals surface area contributed by atoms with E-state index in [0.29, 0.717) is 10.8 Å². The fourth-order valence-electron chi connectivity index (χ4n) is 2.02. The summed E-state index contributed by atoms with van der Waals surface area (Å²) in [6, 6.07) is 12.3. The van der Waals surface area contributed by atoms with Gasteiger partial charge in [-0.05, 0) is 53.7 Å². The number of halogens is 1. The van der Waals surface area contributed by atoms with Gasteiger partial charge in [0, 0.05) is 0 Å². The normalized spacial score (nSPS) is 11.9. The monoisotopic (exact) mass is 359 g/mol. The highest BCUT2D eigenvalue weighted by molar-refractivity contribution is 8.00. The van der Waals surface area contributed by atoms with Gasteiger partial charge in [0.2, 0.25) is 11.1 Å². The third kappa shape index (κ3) is 3.94. The average Bonchev–Trinajstić information content (AvgIpc) is 3.05. The van der Waals surface area contributed by atoms with Crippen LogP contribution in [0.3, 0.4) is 0 Å². The van der Waals surface area contributed by atoms with E-state index < -0.39 is 11.1 Å². The molecule has 0 radical (unpaired) electrons. The van der Waals surface area contributed by atoms with E-state index >= 15 is 0 Å². The molecule has 0 saturated carbocycles. The topological polar surface area (TPSA) is 92.9 Å². The lowest BCUT2D eigenvalue weighted by molar-refractivity contribution is -0.115. The third-order valence-electron chi connectivity index (χ3n) is 3.32. The van der Waals surface area contributed by atoms with Crippen LogP contribution in [0.25, 0.3) is 5.69 Å². The van der Waals surface area contributed by atoms with E-state index in [2.05, 4.69) is 20.8 Å². The number of phenolic OH excluding ortho intramolecular Hbond substituents is 1. The van der Waals surface area contributed by atoms with Crippen molar-refractivity contribution in [2.45, 2.75) is 17.3 Å². The number of aromatic hydroxyl groups is 1. The Morgan fingerprint density at radius 1 is 1.24 bits per heavy atom. The average molecular weight is 359 g/mol. The Balaban J connectivity index is 1.72. The minimum Gasteiger partial charge on any atom is -0.508 e. The molecule has 0 aliphatic rings. The number of nitrogens with zero attached hydrogens (tertiary/aromatic N) is 4. The van der Waals surface area contributed by atoms with E-state index in [1.807, 2.05) is 0 Å². The van der Waals surface area contributed by atoms with E-state index in [4.69, 9.17) is 0 Å². The van der Waals surface area contributed by atoms with Crippen molar-refractivity contribution in [3.8, 4) is 11.4 Å². The van der Waals surface area contributed by atoms with Gasteiger partial charge >= 0.3 is 0 Å². The molecule has 2 N–H and O–H groups in total. The summed E-state index contributed by atoms with van der Waals surface area (Å²) in [5, 5.41) is 23.2. The molecule has 9 heteroatoms. The quantitative estimate of drug-likeness (QED) is 0.680. The van der Waals surface area contributed by atoms with Gasteiger partial charge in [-0.25, -0.2) is 4.39 Å². The molecule has 0 saturated heterocycles. The Hall–Kier alpha value is -2.94. The Bertz CT molecular complexity index is 884. The van der Waals surface area contributed by atoms with Crippen LogP contribution in [0.15, 0.2) is 53.7 Å². The number of aromatic nitrogens is 4. The highest BCUT2D eigenvalue weighted by Gasteiger charge is 2.20. The molecule has 0 fully saturated rings. The molecule has 2 aromatic carbocycles. The van der Waals surface area contributed by atoms with Crippen LogP contribution in [0.1, 0.15) is 6.92 Å². The van der Waals surface area contributed by atoms with Gasteiger partial charge in [0.1, 0.15) is 11.6 Å². The van der Waals surface area contributed by atoms with Crippen molar-refractivity contribution in [2.75, 3.05) is 5.32 Å². The first-order valence-corrected chi connectivity index (χ1v) is 8.22. The Kier molecular flexibility index (Phi) is 4.94. The van der Waals surface area contributed by atoms with Crippen molar-refractivity contribution in [1.29, 1.82) is 0 Å². The fraction of sp³-hybridized carbons (Fsp3) is 0.125. The second-order valence-corrected chi connectivity index (χ2v) is 6.43. The molecule has 0 aliphatic carbocycles. The molecule has 3 rings (SSSR count). The summed E-state index contributed by atoms with van der Waals surface area (Å²) in [5.74, 6) is -0.735. The lowest BCUT2D eigenvalue weighted by Gasteiger charge is -2.12. The van der Waals surface area contributed by atoms with Gasteiger partial charge in [-0.3, -0.25) is 4.79 Å². The Morgan fingerprint density at radius 2 is 1.96 bits per heavy atom. The zero-order valence-electron chi connectivity index (χ0n) is 13.1. The van der Waals surface area contributed by atoms with Crippen molar-refractivity contribution < 1.29 is 14.3 Å². The molecule has 128 valence electrons. The number of nitrogens with one attached hydrogen (secondary N) is 1. The van der Waals surface area contributed by atoms with Crippen molar-refractivity contribution in [3.05, 3.63) is 54.3 Å². The maximum absolute atomic E-state index is 13.6. The van der Waals surface area contributed by atoms with Crippen LogP contribution in [0.4, 0.5) is 10.1 Å². The van der Waals surface area contributed by atoms with Crippen LogP contribution >= 0.6 is 11.8 Å². The van der Waals surface area contributed by atoms with Crippen LogP contribution in [0.2, 0.25) is 0 Å². The molecule has 0 bridgehead atoms. The molecule has 7 nitrogen and oxygen atoms in total. The number of carbonyl (C=O) groups is 1. The number of hydrogen-bond acceptors (Lipinski definition) is 6. The number of rotatable bonds is 5. The largest absolute Gasteiger partial charge is 0.508 e. The molecule has 1 heterocycles. The number of para-hydroxylation sites is 1. The van der Waals surface area contributed by atoms with Gasteiger partial charge in [0.15, 0.2) is 0 Å². The summed E-state index contributed by atoms with van der Waals surface area (Å²) in [5.41, 5.74) is 0.769. The SMILES string of the molecule is CC(Sc1nnnn1-c1ccc(O)cc1)C(=O)Nc1ccccc1F. The summed E-state index contributed by atoms with van der Waals surface area (Å²) in [4.78, 5) is 12.3.